The molecule has 346 valence electrons. The predicted octanol–water partition coefficient (Wildman–Crippen LogP) is 17.0. The summed E-state index contributed by atoms with van der Waals surface area (Å²) in [5, 5.41) is 0. The van der Waals surface area contributed by atoms with Gasteiger partial charge < -0.3 is 14.2 Å². The second kappa shape index (κ2) is 25.3. The van der Waals surface area contributed by atoms with Gasteiger partial charge in [0.05, 0.1) is 18.8 Å². The molecule has 0 aliphatic heterocycles. The maximum atomic E-state index is 12.6. The first kappa shape index (κ1) is 48.3. The molecular formula is C62H74O4. The minimum Gasteiger partial charge on any atom is -0.493 e. The first-order valence-corrected chi connectivity index (χ1v) is 25.3. The van der Waals surface area contributed by atoms with Gasteiger partial charge in [-0.1, -0.05) is 161 Å². The van der Waals surface area contributed by atoms with Crippen LogP contribution >= 0.6 is 0 Å². The molecule has 0 unspecified atom stereocenters. The Morgan fingerprint density at radius 3 is 1.38 bits per heavy atom. The van der Waals surface area contributed by atoms with Crippen LogP contribution in [0, 0.1) is 19.8 Å². The van der Waals surface area contributed by atoms with E-state index in [-0.39, 0.29) is 5.97 Å². The number of ether oxygens (including phenoxy) is 3. The van der Waals surface area contributed by atoms with Gasteiger partial charge in [0.1, 0.15) is 17.2 Å². The summed E-state index contributed by atoms with van der Waals surface area (Å²) in [5.41, 5.74) is 11.6. The van der Waals surface area contributed by atoms with Crippen molar-refractivity contribution in [2.45, 2.75) is 142 Å². The van der Waals surface area contributed by atoms with E-state index in [1.807, 2.05) is 24.3 Å². The van der Waals surface area contributed by atoms with Crippen LogP contribution in [0.4, 0.5) is 0 Å². The summed E-state index contributed by atoms with van der Waals surface area (Å²) in [6, 6.07) is 50.9. The van der Waals surface area contributed by atoms with Crippen LogP contribution in [0.5, 0.6) is 17.2 Å². The maximum absolute atomic E-state index is 12.6. The third-order valence-corrected chi connectivity index (χ3v) is 14.0. The quantitative estimate of drug-likeness (QED) is 0.0490. The summed E-state index contributed by atoms with van der Waals surface area (Å²) in [5.74, 6) is 4.74. The van der Waals surface area contributed by atoms with E-state index in [1.165, 1.54) is 128 Å². The molecule has 2 aliphatic rings. The number of unbranched alkanes of at least 4 members (excludes halogenated alkanes) is 4. The highest BCUT2D eigenvalue weighted by Gasteiger charge is 2.24. The van der Waals surface area contributed by atoms with Crippen molar-refractivity contribution >= 4 is 5.97 Å². The van der Waals surface area contributed by atoms with Crippen molar-refractivity contribution in [3.05, 3.63) is 185 Å². The van der Waals surface area contributed by atoms with Crippen LogP contribution in [-0.2, 0) is 6.42 Å². The van der Waals surface area contributed by atoms with Gasteiger partial charge in [-0.2, -0.15) is 0 Å². The number of hydrogen-bond acceptors (Lipinski definition) is 4. The lowest BCUT2D eigenvalue weighted by atomic mass is 9.76. The van der Waals surface area contributed by atoms with E-state index in [4.69, 9.17) is 14.2 Å². The Kier molecular flexibility index (Phi) is 18.6. The summed E-state index contributed by atoms with van der Waals surface area (Å²) in [7, 11) is 0. The third kappa shape index (κ3) is 15.0. The zero-order valence-corrected chi connectivity index (χ0v) is 40.3. The lowest BCUT2D eigenvalue weighted by molar-refractivity contribution is 0.0734. The SMILES string of the molecule is CCCCCCCc1ccc(OCCCOc2ccc(OC(=O)c3ccc(C4CCC(C)CC4)cc3)cc2)cc1.Cc1ccc(-c2ccc(C3CCC(c4ccc(C)cc4)CC3)cc2)cc1. The zero-order chi connectivity index (χ0) is 45.9. The van der Waals surface area contributed by atoms with Crippen molar-refractivity contribution in [2.24, 2.45) is 5.92 Å². The molecule has 0 bridgehead atoms. The summed E-state index contributed by atoms with van der Waals surface area (Å²) in [6.07, 6.45) is 18.8. The van der Waals surface area contributed by atoms with Crippen LogP contribution in [0.15, 0.2) is 146 Å². The molecule has 0 N–H and O–H groups in total. The van der Waals surface area contributed by atoms with Crippen LogP contribution in [0.3, 0.4) is 0 Å². The average molecular weight is 883 g/mol. The van der Waals surface area contributed by atoms with Gasteiger partial charge in [0.25, 0.3) is 0 Å². The van der Waals surface area contributed by atoms with Crippen LogP contribution in [0.1, 0.15) is 165 Å². The van der Waals surface area contributed by atoms with Gasteiger partial charge in [0.2, 0.25) is 0 Å². The van der Waals surface area contributed by atoms with Gasteiger partial charge in [-0.15, -0.1) is 0 Å². The van der Waals surface area contributed by atoms with Gasteiger partial charge in [-0.05, 0) is 171 Å². The lowest BCUT2D eigenvalue weighted by Crippen LogP contribution is -2.12. The minimum absolute atomic E-state index is 0.338. The second-order valence-corrected chi connectivity index (χ2v) is 19.2. The molecular weight excluding hydrogens is 809 g/mol. The maximum Gasteiger partial charge on any atom is 0.343 e. The van der Waals surface area contributed by atoms with Crippen molar-refractivity contribution in [1.82, 2.24) is 0 Å². The Balaban J connectivity index is 0.000000214. The number of hydrogen-bond donors (Lipinski definition) is 0. The van der Waals surface area contributed by atoms with E-state index in [0.717, 1.165) is 42.1 Å². The average Bonchev–Trinajstić information content (AvgIpc) is 3.36. The summed E-state index contributed by atoms with van der Waals surface area (Å²) < 4.78 is 17.3. The highest BCUT2D eigenvalue weighted by Crippen LogP contribution is 2.41. The Labute approximate surface area is 397 Å². The second-order valence-electron chi connectivity index (χ2n) is 19.2. The monoisotopic (exact) mass is 883 g/mol. The zero-order valence-electron chi connectivity index (χ0n) is 40.3. The highest BCUT2D eigenvalue weighted by molar-refractivity contribution is 5.91. The van der Waals surface area contributed by atoms with Gasteiger partial charge in [-0.3, -0.25) is 0 Å². The topological polar surface area (TPSA) is 44.8 Å². The van der Waals surface area contributed by atoms with Crippen LogP contribution in [-0.4, -0.2) is 19.2 Å². The van der Waals surface area contributed by atoms with Gasteiger partial charge in [0, 0.05) is 6.42 Å². The lowest BCUT2D eigenvalue weighted by Gasteiger charge is -2.29. The molecule has 0 heterocycles. The summed E-state index contributed by atoms with van der Waals surface area (Å²) in [6.45, 7) is 10.0. The number of esters is 1. The molecule has 0 aromatic heterocycles. The Morgan fingerprint density at radius 2 is 0.864 bits per heavy atom. The molecule has 0 spiro atoms. The van der Waals surface area contributed by atoms with E-state index in [2.05, 4.69) is 137 Å². The fourth-order valence-corrected chi connectivity index (χ4v) is 9.67. The first-order valence-electron chi connectivity index (χ1n) is 25.3. The van der Waals surface area contributed by atoms with Gasteiger partial charge >= 0.3 is 5.97 Å². The molecule has 66 heavy (non-hydrogen) atoms. The molecule has 8 rings (SSSR count). The molecule has 6 aromatic carbocycles. The van der Waals surface area contributed by atoms with Gasteiger partial charge in [0.15, 0.2) is 0 Å². The summed E-state index contributed by atoms with van der Waals surface area (Å²) in [4.78, 5) is 12.6. The van der Waals surface area contributed by atoms with Crippen molar-refractivity contribution < 1.29 is 19.0 Å². The molecule has 0 amide bonds. The molecule has 2 saturated carbocycles. The van der Waals surface area contributed by atoms with E-state index in [9.17, 15) is 4.79 Å². The molecule has 4 nitrogen and oxygen atoms in total. The third-order valence-electron chi connectivity index (χ3n) is 14.0. The van der Waals surface area contributed by atoms with Crippen LogP contribution < -0.4 is 14.2 Å². The Bertz CT molecular complexity index is 2290. The number of carbonyl (C=O) groups excluding carboxylic acids is 1. The number of aryl methyl sites for hydroxylation is 3. The van der Waals surface area contributed by atoms with Crippen molar-refractivity contribution in [3.63, 3.8) is 0 Å². The van der Waals surface area contributed by atoms with Crippen LogP contribution in [0.2, 0.25) is 0 Å². The van der Waals surface area contributed by atoms with E-state index < -0.39 is 0 Å². The molecule has 2 fully saturated rings. The Morgan fingerprint density at radius 1 is 0.455 bits per heavy atom. The van der Waals surface area contributed by atoms with Crippen molar-refractivity contribution in [1.29, 1.82) is 0 Å². The van der Waals surface area contributed by atoms with E-state index >= 15 is 0 Å². The molecule has 0 atom stereocenters. The molecule has 2 aliphatic carbocycles. The standard InChI is InChI=1S/C36H46O4.C26H28/c1-3-4-5-6-7-9-29-12-20-33(21-13-29)38-26-8-27-39-34-22-24-35(25-23-34)40-36(37)32-18-16-31(17-19-32)30-14-10-28(2)11-15-30;1-19-3-7-21(8-4-19)23-11-15-25(16-12-23)26-17-13-24(14-18-26)22-9-5-20(2)6-10-22/h12-13,16-25,28,30H,3-11,14-15,26-27H2,1-2H3;3-12,15-16,24,26H,13-14,17-18H2,1-2H3. The predicted molar refractivity (Wildman–Crippen MR) is 274 cm³/mol. The van der Waals surface area contributed by atoms with Crippen LogP contribution in [0.25, 0.3) is 11.1 Å². The summed E-state index contributed by atoms with van der Waals surface area (Å²) >= 11 is 0. The number of benzene rings is 6. The van der Waals surface area contributed by atoms with E-state index in [1.54, 1.807) is 12.1 Å². The highest BCUT2D eigenvalue weighted by atomic mass is 16.5. The molecule has 4 heteroatoms. The van der Waals surface area contributed by atoms with Gasteiger partial charge in [-0.25, -0.2) is 4.79 Å². The van der Waals surface area contributed by atoms with Crippen molar-refractivity contribution in [3.8, 4) is 28.4 Å². The van der Waals surface area contributed by atoms with E-state index in [0.29, 0.717) is 30.4 Å². The smallest absolute Gasteiger partial charge is 0.343 e. The fourth-order valence-electron chi connectivity index (χ4n) is 9.67. The van der Waals surface area contributed by atoms with Crippen molar-refractivity contribution in [2.75, 3.05) is 13.2 Å². The number of carbonyl (C=O) groups is 1. The molecule has 0 saturated heterocycles. The number of rotatable bonds is 18. The first-order chi connectivity index (χ1) is 32.3. The molecule has 6 aromatic rings. The minimum atomic E-state index is -0.338. The largest absolute Gasteiger partial charge is 0.493 e. The fraction of sp³-hybridized carbons (Fsp3) is 0.403. The Hall–Kier alpha value is -5.61. The molecule has 0 radical (unpaired) electrons. The normalized spacial score (nSPS) is 18.1.